The molecule has 6 nitrogen and oxygen atoms in total. The number of hydrogen-bond acceptors (Lipinski definition) is 6. The van der Waals surface area contributed by atoms with Crippen molar-refractivity contribution >= 4 is 0 Å². The Kier molecular flexibility index (Phi) is 6.45. The van der Waals surface area contributed by atoms with E-state index < -0.39 is 12.5 Å². The van der Waals surface area contributed by atoms with Gasteiger partial charge in [0.05, 0.1) is 6.10 Å². The van der Waals surface area contributed by atoms with Gasteiger partial charge in [0, 0.05) is 42.9 Å². The number of nitrogens with one attached hydrogen (secondary N) is 1. The van der Waals surface area contributed by atoms with E-state index in [0.717, 1.165) is 29.9 Å². The highest BCUT2D eigenvalue weighted by molar-refractivity contribution is 5.27. The van der Waals surface area contributed by atoms with Crippen LogP contribution in [-0.4, -0.2) is 45.3 Å². The van der Waals surface area contributed by atoms with Gasteiger partial charge in [0.25, 0.3) is 0 Å². The van der Waals surface area contributed by atoms with Gasteiger partial charge in [-0.25, -0.2) is 9.97 Å². The fourth-order valence-electron chi connectivity index (χ4n) is 4.34. The Morgan fingerprint density at radius 3 is 2.48 bits per heavy atom. The first-order valence-electron chi connectivity index (χ1n) is 10.5. The lowest BCUT2D eigenvalue weighted by atomic mass is 9.88. The lowest BCUT2D eigenvalue weighted by Crippen LogP contribution is -2.36. The van der Waals surface area contributed by atoms with Crippen LogP contribution in [0, 0.1) is 11.8 Å². The summed E-state index contributed by atoms with van der Waals surface area (Å²) in [5.74, 6) is 0.762. The van der Waals surface area contributed by atoms with Crippen LogP contribution in [0.3, 0.4) is 0 Å². The highest BCUT2D eigenvalue weighted by Gasteiger charge is 2.42. The number of nitrogens with zero attached hydrogens (tertiary/aromatic N) is 2. The molecule has 4 rings (SSSR count). The minimum Gasteiger partial charge on any atom is -0.406 e. The number of aromatic nitrogens is 2. The summed E-state index contributed by atoms with van der Waals surface area (Å²) in [5, 5.41) is 23.7. The Labute approximate surface area is 178 Å². The smallest absolute Gasteiger partial charge is 0.406 e. The van der Waals surface area contributed by atoms with Crippen molar-refractivity contribution in [3.63, 3.8) is 0 Å². The van der Waals surface area contributed by atoms with Gasteiger partial charge in [-0.05, 0) is 55.4 Å². The van der Waals surface area contributed by atoms with Gasteiger partial charge in [0.1, 0.15) is 11.6 Å². The van der Waals surface area contributed by atoms with E-state index in [1.54, 1.807) is 18.3 Å². The first-order chi connectivity index (χ1) is 14.8. The molecule has 168 valence electrons. The molecule has 31 heavy (non-hydrogen) atoms. The topological polar surface area (TPSA) is 87.5 Å². The second-order valence-corrected chi connectivity index (χ2v) is 8.38. The summed E-state index contributed by atoms with van der Waals surface area (Å²) >= 11 is 0. The molecule has 0 saturated heterocycles. The summed E-state index contributed by atoms with van der Waals surface area (Å²) in [6.45, 7) is 0.309. The van der Waals surface area contributed by atoms with Crippen molar-refractivity contribution in [3.8, 4) is 5.75 Å². The predicted molar refractivity (Wildman–Crippen MR) is 106 cm³/mol. The number of aliphatic hydroxyl groups is 2. The zero-order valence-corrected chi connectivity index (χ0v) is 16.9. The molecule has 9 heteroatoms. The molecule has 2 saturated carbocycles. The Morgan fingerprint density at radius 2 is 1.84 bits per heavy atom. The van der Waals surface area contributed by atoms with Gasteiger partial charge < -0.3 is 20.3 Å². The number of alkyl halides is 3. The molecule has 0 bridgehead atoms. The third-order valence-electron chi connectivity index (χ3n) is 6.11. The number of halogens is 3. The van der Waals surface area contributed by atoms with E-state index in [0.29, 0.717) is 25.3 Å². The fraction of sp³-hybridized carbons (Fsp3) is 0.545. The molecule has 1 aromatic heterocycles. The van der Waals surface area contributed by atoms with Gasteiger partial charge in [0.15, 0.2) is 0 Å². The Bertz CT molecular complexity index is 874. The summed E-state index contributed by atoms with van der Waals surface area (Å²) in [7, 11) is 0. The minimum atomic E-state index is -4.72. The summed E-state index contributed by atoms with van der Waals surface area (Å²) in [5.41, 5.74) is 1.70. The summed E-state index contributed by atoms with van der Waals surface area (Å²) in [4.78, 5) is 9.02. The highest BCUT2D eigenvalue weighted by atomic mass is 19.4. The van der Waals surface area contributed by atoms with Crippen molar-refractivity contribution in [2.45, 2.75) is 56.7 Å². The van der Waals surface area contributed by atoms with Crippen LogP contribution in [0.4, 0.5) is 13.2 Å². The molecule has 0 amide bonds. The van der Waals surface area contributed by atoms with Gasteiger partial charge in [-0.15, -0.1) is 13.2 Å². The van der Waals surface area contributed by atoms with E-state index in [-0.39, 0.29) is 30.2 Å². The molecule has 0 unspecified atom stereocenters. The van der Waals surface area contributed by atoms with Crippen LogP contribution < -0.4 is 10.1 Å². The molecule has 1 heterocycles. The second-order valence-electron chi connectivity index (χ2n) is 8.38. The Morgan fingerprint density at radius 1 is 1.10 bits per heavy atom. The third-order valence-corrected chi connectivity index (χ3v) is 6.11. The first-order valence-corrected chi connectivity index (χ1v) is 10.5. The van der Waals surface area contributed by atoms with Crippen LogP contribution in [0.2, 0.25) is 0 Å². The van der Waals surface area contributed by atoms with Gasteiger partial charge in [-0.1, -0.05) is 12.1 Å². The van der Waals surface area contributed by atoms with E-state index in [1.165, 1.54) is 12.1 Å². The molecule has 2 aliphatic rings. The lowest BCUT2D eigenvalue weighted by Gasteiger charge is -2.25. The average molecular weight is 437 g/mol. The number of hydrogen-bond donors (Lipinski definition) is 3. The Hall–Kier alpha value is -2.23. The monoisotopic (exact) mass is 437 g/mol. The SMILES string of the molecule is OC[C@@H]1[C@@H](Cc2ccnc(C3CC3)n2)[C@H](NCc2ccc(OC(F)(F)F)cc2)C[C@H]1O. The van der Waals surface area contributed by atoms with Crippen molar-refractivity contribution in [2.75, 3.05) is 6.61 Å². The number of ether oxygens (including phenoxy) is 1. The fourth-order valence-corrected chi connectivity index (χ4v) is 4.34. The normalized spacial score (nSPS) is 26.2. The zero-order chi connectivity index (χ0) is 22.0. The predicted octanol–water partition coefficient (Wildman–Crippen LogP) is 2.94. The minimum absolute atomic E-state index is 0.0187. The molecule has 0 spiro atoms. The number of aliphatic hydroxyl groups excluding tert-OH is 2. The lowest BCUT2D eigenvalue weighted by molar-refractivity contribution is -0.274. The molecule has 0 aliphatic heterocycles. The maximum Gasteiger partial charge on any atom is 0.573 e. The summed E-state index contributed by atoms with van der Waals surface area (Å²) in [6, 6.07) is 7.53. The van der Waals surface area contributed by atoms with Crippen LogP contribution in [0.25, 0.3) is 0 Å². The zero-order valence-electron chi connectivity index (χ0n) is 16.9. The van der Waals surface area contributed by atoms with Crippen LogP contribution >= 0.6 is 0 Å². The largest absolute Gasteiger partial charge is 0.573 e. The van der Waals surface area contributed by atoms with Crippen LogP contribution in [-0.2, 0) is 13.0 Å². The molecule has 0 radical (unpaired) electrons. The van der Waals surface area contributed by atoms with Crippen LogP contribution in [0.5, 0.6) is 5.75 Å². The first kappa shape index (κ1) is 22.0. The molecule has 2 aromatic rings. The standard InChI is InChI=1S/C22H26F3N3O3/c23-22(24,25)31-16-5-1-13(2-6-16)11-27-19-10-20(30)18(12-29)17(19)9-15-7-8-26-21(28-15)14-3-4-14/h1-2,5-8,14,17-20,27,29-30H,3-4,9-12H2/t17-,18-,19-,20-/m1/s1. The Balaban J connectivity index is 1.40. The van der Waals surface area contributed by atoms with E-state index in [9.17, 15) is 23.4 Å². The molecule has 2 aliphatic carbocycles. The van der Waals surface area contributed by atoms with Crippen molar-refractivity contribution in [1.29, 1.82) is 0 Å². The van der Waals surface area contributed by atoms with E-state index in [2.05, 4.69) is 20.0 Å². The van der Waals surface area contributed by atoms with Crippen molar-refractivity contribution in [3.05, 3.63) is 53.6 Å². The van der Waals surface area contributed by atoms with E-state index in [1.807, 2.05) is 6.07 Å². The van der Waals surface area contributed by atoms with Crippen molar-refractivity contribution < 1.29 is 28.1 Å². The average Bonchev–Trinajstić information content (AvgIpc) is 3.52. The molecular weight excluding hydrogens is 411 g/mol. The van der Waals surface area contributed by atoms with Gasteiger partial charge in [-0.3, -0.25) is 0 Å². The van der Waals surface area contributed by atoms with Gasteiger partial charge in [-0.2, -0.15) is 0 Å². The van der Waals surface area contributed by atoms with Crippen LogP contribution in [0.15, 0.2) is 36.5 Å². The van der Waals surface area contributed by atoms with E-state index in [4.69, 9.17) is 0 Å². The molecule has 3 N–H and O–H groups in total. The van der Waals surface area contributed by atoms with Crippen molar-refractivity contribution in [1.82, 2.24) is 15.3 Å². The molecular formula is C22H26F3N3O3. The highest BCUT2D eigenvalue weighted by Crippen LogP contribution is 2.39. The maximum atomic E-state index is 12.3. The van der Waals surface area contributed by atoms with Crippen LogP contribution in [0.1, 0.15) is 42.3 Å². The quantitative estimate of drug-likeness (QED) is 0.589. The van der Waals surface area contributed by atoms with Gasteiger partial charge >= 0.3 is 6.36 Å². The number of rotatable bonds is 8. The second kappa shape index (κ2) is 9.10. The molecule has 2 fully saturated rings. The molecule has 1 aromatic carbocycles. The van der Waals surface area contributed by atoms with E-state index >= 15 is 0 Å². The summed E-state index contributed by atoms with van der Waals surface area (Å²) in [6.07, 6.45) is -0.245. The maximum absolute atomic E-state index is 12.3. The van der Waals surface area contributed by atoms with Crippen molar-refractivity contribution in [2.24, 2.45) is 11.8 Å². The molecule has 4 atom stereocenters. The summed E-state index contributed by atoms with van der Waals surface area (Å²) < 4.78 is 40.8. The number of benzene rings is 1. The van der Waals surface area contributed by atoms with Gasteiger partial charge in [0.2, 0.25) is 0 Å². The third kappa shape index (κ3) is 5.72.